The quantitative estimate of drug-likeness (QED) is 0.612. The molecule has 0 radical (unpaired) electrons. The zero-order valence-corrected chi connectivity index (χ0v) is 12.1. The zero-order chi connectivity index (χ0) is 15.0. The molecule has 1 aromatic heterocycles. The monoisotopic (exact) mass is 289 g/mol. The maximum atomic E-state index is 12.6. The second-order valence-corrected chi connectivity index (χ2v) is 5.44. The third-order valence-electron chi connectivity index (χ3n) is 3.65. The van der Waals surface area contributed by atoms with E-state index in [0.29, 0.717) is 12.2 Å². The van der Waals surface area contributed by atoms with Crippen LogP contribution in [-0.4, -0.2) is 34.0 Å². The van der Waals surface area contributed by atoms with E-state index < -0.39 is 0 Å². The number of rotatable bonds is 3. The Balaban J connectivity index is 2.08. The Hall–Kier alpha value is -1.96. The number of hydrazine groups is 1. The lowest BCUT2D eigenvalue weighted by Crippen LogP contribution is -2.56. The number of amides is 1. The van der Waals surface area contributed by atoms with Gasteiger partial charge in [0.1, 0.15) is 0 Å². The van der Waals surface area contributed by atoms with Gasteiger partial charge in [0.2, 0.25) is 0 Å². The van der Waals surface area contributed by atoms with E-state index >= 15 is 0 Å². The predicted octanol–water partition coefficient (Wildman–Crippen LogP) is -0.278. The normalized spacial score (nSPS) is 21.8. The number of aliphatic hydroxyl groups is 1. The minimum atomic E-state index is -0.271. The maximum absolute atomic E-state index is 12.6. The van der Waals surface area contributed by atoms with Gasteiger partial charge in [-0.1, -0.05) is 13.8 Å². The highest BCUT2D eigenvalue weighted by Gasteiger charge is 2.38. The van der Waals surface area contributed by atoms with Crippen LogP contribution in [0.4, 0.5) is 0 Å². The van der Waals surface area contributed by atoms with Gasteiger partial charge in [0, 0.05) is 23.5 Å². The summed E-state index contributed by atoms with van der Waals surface area (Å²) in [6.45, 7) is 4.44. The molecule has 3 heterocycles. The molecule has 7 nitrogen and oxygen atoms in total. The van der Waals surface area contributed by atoms with Gasteiger partial charge in [-0.2, -0.15) is 0 Å². The van der Waals surface area contributed by atoms with Gasteiger partial charge in [-0.3, -0.25) is 15.1 Å². The zero-order valence-electron chi connectivity index (χ0n) is 12.1. The standard InChI is InChI=1S/C14H19N5O2/c1-8(2)11-12(10-3-9(6-20)4-15-5-10)18-14-16-7-17-19(14)13(11)21/h3-5,8,14,16-18,20H,6-7H2,1-2H3. The van der Waals surface area contributed by atoms with E-state index in [9.17, 15) is 9.90 Å². The van der Waals surface area contributed by atoms with Crippen molar-refractivity contribution in [1.29, 1.82) is 0 Å². The minimum Gasteiger partial charge on any atom is -0.392 e. The first-order valence-electron chi connectivity index (χ1n) is 6.98. The van der Waals surface area contributed by atoms with Gasteiger partial charge in [-0.25, -0.2) is 10.4 Å². The van der Waals surface area contributed by atoms with Gasteiger partial charge < -0.3 is 10.4 Å². The molecule has 0 saturated carbocycles. The lowest BCUT2D eigenvalue weighted by Gasteiger charge is -2.34. The number of nitrogens with zero attached hydrogens (tertiary/aromatic N) is 2. The van der Waals surface area contributed by atoms with E-state index in [4.69, 9.17) is 0 Å². The number of nitrogens with one attached hydrogen (secondary N) is 3. The highest BCUT2D eigenvalue weighted by atomic mass is 16.3. The van der Waals surface area contributed by atoms with Crippen LogP contribution < -0.4 is 16.1 Å². The lowest BCUT2D eigenvalue weighted by atomic mass is 9.95. The van der Waals surface area contributed by atoms with E-state index in [1.54, 1.807) is 17.4 Å². The molecule has 0 aromatic carbocycles. The summed E-state index contributed by atoms with van der Waals surface area (Å²) in [7, 11) is 0. The fourth-order valence-corrected chi connectivity index (χ4v) is 2.65. The summed E-state index contributed by atoms with van der Waals surface area (Å²) in [5, 5.41) is 17.3. The van der Waals surface area contributed by atoms with Crippen molar-refractivity contribution in [1.82, 2.24) is 26.1 Å². The summed E-state index contributed by atoms with van der Waals surface area (Å²) in [4.78, 5) is 16.8. The highest BCUT2D eigenvalue weighted by molar-refractivity contribution is 6.02. The average molecular weight is 289 g/mol. The Kier molecular flexibility index (Phi) is 3.62. The summed E-state index contributed by atoms with van der Waals surface area (Å²) in [5.41, 5.74) is 6.02. The predicted molar refractivity (Wildman–Crippen MR) is 76.8 cm³/mol. The van der Waals surface area contributed by atoms with E-state index in [2.05, 4.69) is 21.0 Å². The highest BCUT2D eigenvalue weighted by Crippen LogP contribution is 2.28. The first-order chi connectivity index (χ1) is 10.1. The number of fused-ring (bicyclic) bond motifs is 1. The fraction of sp³-hybridized carbons (Fsp3) is 0.429. The van der Waals surface area contributed by atoms with Gasteiger partial charge in [0.15, 0.2) is 6.29 Å². The molecular formula is C14H19N5O2. The van der Waals surface area contributed by atoms with E-state index in [1.807, 2.05) is 19.9 Å². The molecule has 2 aliphatic rings. The van der Waals surface area contributed by atoms with Crippen molar-refractivity contribution in [2.75, 3.05) is 6.67 Å². The SMILES string of the molecule is CC(C)C1=C(c2cncc(CO)c2)NC2NCNN2C1=O. The van der Waals surface area contributed by atoms with Gasteiger partial charge >= 0.3 is 0 Å². The molecule has 1 unspecified atom stereocenters. The van der Waals surface area contributed by atoms with E-state index in [1.165, 1.54) is 0 Å². The van der Waals surface area contributed by atoms with Crippen molar-refractivity contribution in [2.24, 2.45) is 5.92 Å². The average Bonchev–Trinajstić information content (AvgIpc) is 2.95. The summed E-state index contributed by atoms with van der Waals surface area (Å²) in [5.74, 6) is 0.0317. The van der Waals surface area contributed by atoms with Crippen molar-refractivity contribution in [3.63, 3.8) is 0 Å². The Bertz CT molecular complexity index is 599. The van der Waals surface area contributed by atoms with Crippen molar-refractivity contribution in [3.8, 4) is 0 Å². The molecular weight excluding hydrogens is 270 g/mol. The molecule has 2 aliphatic heterocycles. The number of pyridine rings is 1. The molecule has 21 heavy (non-hydrogen) atoms. The van der Waals surface area contributed by atoms with Gasteiger partial charge in [0.05, 0.1) is 19.0 Å². The third-order valence-corrected chi connectivity index (χ3v) is 3.65. The summed E-state index contributed by atoms with van der Waals surface area (Å²) < 4.78 is 0. The molecule has 0 aliphatic carbocycles. The van der Waals surface area contributed by atoms with Gasteiger partial charge in [-0.05, 0) is 17.5 Å². The Labute approximate surface area is 123 Å². The van der Waals surface area contributed by atoms with Crippen molar-refractivity contribution in [3.05, 3.63) is 35.2 Å². The smallest absolute Gasteiger partial charge is 0.269 e. The number of carbonyl (C=O) groups excluding carboxylic acids is 1. The van der Waals surface area contributed by atoms with Crippen molar-refractivity contribution >= 4 is 11.6 Å². The molecule has 4 N–H and O–H groups in total. The first-order valence-corrected chi connectivity index (χ1v) is 6.98. The molecule has 1 amide bonds. The molecule has 1 saturated heterocycles. The molecule has 112 valence electrons. The molecule has 0 spiro atoms. The van der Waals surface area contributed by atoms with Crippen molar-refractivity contribution in [2.45, 2.75) is 26.7 Å². The van der Waals surface area contributed by atoms with Crippen LogP contribution in [0.25, 0.3) is 5.70 Å². The Morgan fingerprint density at radius 3 is 3.00 bits per heavy atom. The van der Waals surface area contributed by atoms with Crippen LogP contribution in [0.2, 0.25) is 0 Å². The fourth-order valence-electron chi connectivity index (χ4n) is 2.65. The van der Waals surface area contributed by atoms with E-state index in [-0.39, 0.29) is 24.7 Å². The van der Waals surface area contributed by atoms with Crippen LogP contribution in [-0.2, 0) is 11.4 Å². The Morgan fingerprint density at radius 2 is 2.29 bits per heavy atom. The largest absolute Gasteiger partial charge is 0.392 e. The molecule has 1 fully saturated rings. The number of hydrogen-bond acceptors (Lipinski definition) is 6. The van der Waals surface area contributed by atoms with Gasteiger partial charge in [0.25, 0.3) is 5.91 Å². The lowest BCUT2D eigenvalue weighted by molar-refractivity contribution is -0.132. The third kappa shape index (κ3) is 2.39. The van der Waals surface area contributed by atoms with Crippen LogP contribution in [0.1, 0.15) is 25.0 Å². The molecule has 7 heteroatoms. The number of aliphatic hydroxyl groups excluding tert-OH is 1. The van der Waals surface area contributed by atoms with Crippen molar-refractivity contribution < 1.29 is 9.90 Å². The molecule has 1 aromatic rings. The Morgan fingerprint density at radius 1 is 1.48 bits per heavy atom. The van der Waals surface area contributed by atoms with Crippen LogP contribution in [0.15, 0.2) is 24.0 Å². The van der Waals surface area contributed by atoms with Gasteiger partial charge in [-0.15, -0.1) is 0 Å². The molecule has 3 rings (SSSR count). The number of aromatic nitrogens is 1. The van der Waals surface area contributed by atoms with Crippen LogP contribution in [0.5, 0.6) is 0 Å². The second kappa shape index (κ2) is 5.44. The minimum absolute atomic E-state index is 0.0387. The summed E-state index contributed by atoms with van der Waals surface area (Å²) >= 11 is 0. The number of carbonyl (C=O) groups is 1. The molecule has 1 atom stereocenters. The number of hydrogen-bond donors (Lipinski definition) is 4. The van der Waals surface area contributed by atoms with Crippen LogP contribution in [0, 0.1) is 5.92 Å². The van der Waals surface area contributed by atoms with E-state index in [0.717, 1.165) is 16.8 Å². The summed E-state index contributed by atoms with van der Waals surface area (Å²) in [6, 6.07) is 1.85. The summed E-state index contributed by atoms with van der Waals surface area (Å²) in [6.07, 6.45) is 3.05. The molecule has 0 bridgehead atoms. The topological polar surface area (TPSA) is 89.5 Å². The first kappa shape index (κ1) is 14.0. The maximum Gasteiger partial charge on any atom is 0.269 e. The second-order valence-electron chi connectivity index (χ2n) is 5.44. The van der Waals surface area contributed by atoms with Crippen LogP contribution in [0.3, 0.4) is 0 Å². The van der Waals surface area contributed by atoms with Crippen LogP contribution >= 0.6 is 0 Å².